The number of hydrogen-bond acceptors (Lipinski definition) is 2. The van der Waals surface area contributed by atoms with Crippen molar-refractivity contribution in [3.63, 3.8) is 0 Å². The minimum atomic E-state index is -0.935. The number of rotatable bonds is 4. The molecule has 2 N–H and O–H groups in total. The Labute approximate surface area is 127 Å². The zero-order valence-electron chi connectivity index (χ0n) is 12.4. The molecule has 4 nitrogen and oxygen atoms in total. The van der Waals surface area contributed by atoms with Crippen LogP contribution in [0.15, 0.2) is 18.2 Å². The lowest BCUT2D eigenvalue weighted by Gasteiger charge is -2.39. The molecule has 0 bridgehead atoms. The van der Waals surface area contributed by atoms with Crippen molar-refractivity contribution in [2.24, 2.45) is 5.92 Å². The fourth-order valence-electron chi connectivity index (χ4n) is 3.08. The molecule has 1 saturated carbocycles. The number of hydrogen-bond donors (Lipinski definition) is 2. The van der Waals surface area contributed by atoms with E-state index in [4.69, 9.17) is 0 Å². The van der Waals surface area contributed by atoms with E-state index in [0.717, 1.165) is 25.0 Å². The van der Waals surface area contributed by atoms with Crippen LogP contribution in [-0.2, 0) is 16.0 Å². The second-order valence-corrected chi connectivity index (χ2v) is 6.01. The summed E-state index contributed by atoms with van der Waals surface area (Å²) in [7, 11) is 0. The van der Waals surface area contributed by atoms with Crippen molar-refractivity contribution in [3.8, 4) is 0 Å². The zero-order valence-corrected chi connectivity index (χ0v) is 12.4. The van der Waals surface area contributed by atoms with Crippen molar-refractivity contribution < 1.29 is 23.5 Å². The van der Waals surface area contributed by atoms with E-state index in [1.807, 2.05) is 0 Å². The Kier molecular flexibility index (Phi) is 4.78. The third-order valence-electron chi connectivity index (χ3n) is 4.30. The van der Waals surface area contributed by atoms with E-state index in [9.17, 15) is 23.5 Å². The van der Waals surface area contributed by atoms with Gasteiger partial charge in [-0.25, -0.2) is 8.78 Å². The molecule has 2 unspecified atom stereocenters. The van der Waals surface area contributed by atoms with Crippen molar-refractivity contribution in [1.82, 2.24) is 5.32 Å². The number of carboxylic acids is 1. The smallest absolute Gasteiger partial charge is 0.308 e. The van der Waals surface area contributed by atoms with Gasteiger partial charge < -0.3 is 10.4 Å². The molecule has 0 aliphatic heterocycles. The normalized spacial score (nSPS) is 24.8. The second kappa shape index (κ2) is 6.42. The van der Waals surface area contributed by atoms with Crippen LogP contribution in [0, 0.1) is 17.6 Å². The molecule has 1 aromatic rings. The van der Waals surface area contributed by atoms with Gasteiger partial charge in [-0.1, -0.05) is 18.9 Å². The summed E-state index contributed by atoms with van der Waals surface area (Å²) in [5.41, 5.74) is -0.748. The highest BCUT2D eigenvalue weighted by atomic mass is 19.1. The highest BCUT2D eigenvalue weighted by Crippen LogP contribution is 2.34. The molecule has 0 spiro atoms. The van der Waals surface area contributed by atoms with Gasteiger partial charge >= 0.3 is 5.97 Å². The molecular weight excluding hydrogens is 292 g/mol. The maximum absolute atomic E-state index is 13.6. The fraction of sp³-hybridized carbons (Fsp3) is 0.500. The number of carbonyl (C=O) groups excluding carboxylic acids is 1. The lowest BCUT2D eigenvalue weighted by Crippen LogP contribution is -2.55. The Hall–Kier alpha value is -1.98. The Balaban J connectivity index is 2.08. The average Bonchev–Trinajstić information content (AvgIpc) is 2.41. The Morgan fingerprint density at radius 1 is 1.36 bits per heavy atom. The van der Waals surface area contributed by atoms with Gasteiger partial charge in [-0.3, -0.25) is 9.59 Å². The van der Waals surface area contributed by atoms with Gasteiger partial charge in [-0.2, -0.15) is 0 Å². The van der Waals surface area contributed by atoms with Crippen LogP contribution in [0.3, 0.4) is 0 Å². The minimum absolute atomic E-state index is 0.0881. The molecule has 0 aromatic heterocycles. The summed E-state index contributed by atoms with van der Waals surface area (Å²) in [6, 6.07) is 3.04. The third-order valence-corrected chi connectivity index (χ3v) is 4.30. The van der Waals surface area contributed by atoms with Crippen molar-refractivity contribution in [1.29, 1.82) is 0 Å². The molecule has 0 saturated heterocycles. The van der Waals surface area contributed by atoms with Gasteiger partial charge in [0.05, 0.1) is 17.9 Å². The third kappa shape index (κ3) is 3.61. The van der Waals surface area contributed by atoms with Crippen LogP contribution in [0.5, 0.6) is 0 Å². The number of benzene rings is 1. The summed E-state index contributed by atoms with van der Waals surface area (Å²) in [4.78, 5) is 23.5. The van der Waals surface area contributed by atoms with E-state index in [0.29, 0.717) is 12.8 Å². The average molecular weight is 311 g/mol. The molecule has 0 radical (unpaired) electrons. The van der Waals surface area contributed by atoms with Gasteiger partial charge in [0.15, 0.2) is 0 Å². The standard InChI is InChI=1S/C16H19F2NO3/c1-16(7-3-2-4-12(16)15(21)22)19-14(20)8-10-5-6-11(17)9-13(10)18/h5-6,9,12H,2-4,7-8H2,1H3,(H,19,20)(H,21,22). The van der Waals surface area contributed by atoms with E-state index >= 15 is 0 Å². The summed E-state index contributed by atoms with van der Waals surface area (Å²) >= 11 is 0. The molecule has 1 aromatic carbocycles. The Bertz CT molecular complexity index is 591. The number of aliphatic carboxylic acids is 1. The summed E-state index contributed by atoms with van der Waals surface area (Å²) in [5, 5.41) is 12.0. The van der Waals surface area contributed by atoms with Gasteiger partial charge in [-0.15, -0.1) is 0 Å². The molecule has 1 amide bonds. The van der Waals surface area contributed by atoms with Crippen molar-refractivity contribution >= 4 is 11.9 Å². The SMILES string of the molecule is CC1(NC(=O)Cc2ccc(F)cc2F)CCCCC1C(=O)O. The van der Waals surface area contributed by atoms with E-state index < -0.39 is 35.0 Å². The van der Waals surface area contributed by atoms with Gasteiger partial charge in [0, 0.05) is 6.07 Å². The topological polar surface area (TPSA) is 66.4 Å². The lowest BCUT2D eigenvalue weighted by atomic mass is 9.74. The van der Waals surface area contributed by atoms with Crippen LogP contribution in [0.25, 0.3) is 0 Å². The van der Waals surface area contributed by atoms with Gasteiger partial charge in [-0.05, 0) is 31.4 Å². The Morgan fingerprint density at radius 2 is 2.09 bits per heavy atom. The van der Waals surface area contributed by atoms with Gasteiger partial charge in [0.2, 0.25) is 5.91 Å². The van der Waals surface area contributed by atoms with Gasteiger partial charge in [0.25, 0.3) is 0 Å². The molecule has 1 aliphatic rings. The Morgan fingerprint density at radius 3 is 2.73 bits per heavy atom. The van der Waals surface area contributed by atoms with E-state index in [-0.39, 0.29) is 12.0 Å². The number of carbonyl (C=O) groups is 2. The zero-order chi connectivity index (χ0) is 16.3. The first-order valence-electron chi connectivity index (χ1n) is 7.29. The minimum Gasteiger partial charge on any atom is -0.481 e. The summed E-state index contributed by atoms with van der Waals surface area (Å²) in [6.07, 6.45) is 2.49. The molecule has 6 heteroatoms. The van der Waals surface area contributed by atoms with Crippen LogP contribution in [0.1, 0.15) is 38.2 Å². The molecule has 1 fully saturated rings. The summed E-state index contributed by atoms with van der Waals surface area (Å²) < 4.78 is 26.4. The quantitative estimate of drug-likeness (QED) is 0.898. The first kappa shape index (κ1) is 16.4. The van der Waals surface area contributed by atoms with E-state index in [1.165, 1.54) is 6.07 Å². The molecule has 2 rings (SSSR count). The molecule has 2 atom stereocenters. The molecule has 0 heterocycles. The maximum Gasteiger partial charge on any atom is 0.308 e. The lowest BCUT2D eigenvalue weighted by molar-refractivity contribution is -0.146. The van der Waals surface area contributed by atoms with Crippen molar-refractivity contribution in [2.45, 2.75) is 44.6 Å². The van der Waals surface area contributed by atoms with Crippen LogP contribution in [0.4, 0.5) is 8.78 Å². The van der Waals surface area contributed by atoms with Crippen molar-refractivity contribution in [2.75, 3.05) is 0 Å². The number of amides is 1. The molecule has 1 aliphatic carbocycles. The number of carboxylic acid groups (broad SMARTS) is 1. The number of nitrogens with one attached hydrogen (secondary N) is 1. The molecule has 120 valence electrons. The van der Waals surface area contributed by atoms with E-state index in [1.54, 1.807) is 6.92 Å². The highest BCUT2D eigenvalue weighted by Gasteiger charge is 2.42. The van der Waals surface area contributed by atoms with Crippen LogP contribution in [0.2, 0.25) is 0 Å². The first-order chi connectivity index (χ1) is 10.3. The number of halogens is 2. The van der Waals surface area contributed by atoms with Crippen molar-refractivity contribution in [3.05, 3.63) is 35.4 Å². The van der Waals surface area contributed by atoms with Gasteiger partial charge in [0.1, 0.15) is 11.6 Å². The second-order valence-electron chi connectivity index (χ2n) is 6.01. The van der Waals surface area contributed by atoms with Crippen LogP contribution < -0.4 is 5.32 Å². The molecular formula is C16H19F2NO3. The summed E-state index contributed by atoms with van der Waals surface area (Å²) in [5.74, 6) is -3.52. The fourth-order valence-corrected chi connectivity index (χ4v) is 3.08. The largest absolute Gasteiger partial charge is 0.481 e. The maximum atomic E-state index is 13.6. The summed E-state index contributed by atoms with van der Waals surface area (Å²) in [6.45, 7) is 1.71. The first-order valence-corrected chi connectivity index (χ1v) is 7.29. The van der Waals surface area contributed by atoms with Crippen LogP contribution in [-0.4, -0.2) is 22.5 Å². The van der Waals surface area contributed by atoms with E-state index in [2.05, 4.69) is 5.32 Å². The highest BCUT2D eigenvalue weighted by molar-refractivity contribution is 5.81. The predicted molar refractivity (Wildman–Crippen MR) is 76.2 cm³/mol. The van der Waals surface area contributed by atoms with Crippen LogP contribution >= 0.6 is 0 Å². The monoisotopic (exact) mass is 311 g/mol. The predicted octanol–water partition coefficient (Wildman–Crippen LogP) is 2.66. The molecule has 22 heavy (non-hydrogen) atoms.